The molecule has 0 heterocycles. The molecule has 0 spiro atoms. The van der Waals surface area contributed by atoms with Crippen molar-refractivity contribution in [2.24, 2.45) is 0 Å². The monoisotopic (exact) mass is 303 g/mol. The van der Waals surface area contributed by atoms with Gasteiger partial charge in [-0.05, 0) is 38.0 Å². The Kier molecular flexibility index (Phi) is 5.38. The minimum atomic E-state index is -3.82. The number of hydrogen-bond acceptors (Lipinski definition) is 3. The van der Waals surface area contributed by atoms with Crippen molar-refractivity contribution in [3.8, 4) is 0 Å². The summed E-state index contributed by atoms with van der Waals surface area (Å²) in [5.74, 6) is -0.163. The van der Waals surface area contributed by atoms with Gasteiger partial charge in [-0.2, -0.15) is 0 Å². The third kappa shape index (κ3) is 3.70. The van der Waals surface area contributed by atoms with Gasteiger partial charge in [-0.3, -0.25) is 4.79 Å². The summed E-state index contributed by atoms with van der Waals surface area (Å²) in [6, 6.07) is 4.44. The fraction of sp³-hybridized carbons (Fsp3) is 0.462. The largest absolute Gasteiger partial charge is 0.339 e. The van der Waals surface area contributed by atoms with E-state index in [2.05, 4.69) is 0 Å². The van der Waals surface area contributed by atoms with Crippen LogP contribution in [0.4, 0.5) is 0 Å². The van der Waals surface area contributed by atoms with Crippen LogP contribution in [0.25, 0.3) is 0 Å². The first-order chi connectivity index (χ1) is 8.85. The molecule has 0 aliphatic heterocycles. The average Bonchev–Trinajstić information content (AvgIpc) is 2.38. The molecular formula is C13H18ClNO3S. The molecule has 0 unspecified atom stereocenters. The van der Waals surface area contributed by atoms with E-state index < -0.39 is 9.05 Å². The summed E-state index contributed by atoms with van der Waals surface area (Å²) in [6.07, 6.45) is 0.658. The molecule has 0 aliphatic rings. The van der Waals surface area contributed by atoms with Crippen LogP contribution in [0, 0.1) is 0 Å². The van der Waals surface area contributed by atoms with Crippen molar-refractivity contribution in [2.45, 2.75) is 32.1 Å². The van der Waals surface area contributed by atoms with Crippen LogP contribution in [-0.2, 0) is 15.5 Å². The van der Waals surface area contributed by atoms with E-state index >= 15 is 0 Å². The molecule has 0 aliphatic carbocycles. The average molecular weight is 304 g/mol. The Morgan fingerprint density at radius 1 is 1.21 bits per heavy atom. The Labute approximate surface area is 118 Å². The number of aryl methyl sites for hydroxylation is 1. The Balaban J connectivity index is 3.35. The van der Waals surface area contributed by atoms with Gasteiger partial charge in [0.25, 0.3) is 15.0 Å². The van der Waals surface area contributed by atoms with Gasteiger partial charge in [-0.25, -0.2) is 8.42 Å². The standard InChI is InChI=1S/C13H18ClNO3S/c1-4-10-7-8-11(19(14,17)18)9-12(10)13(16)15(5-2)6-3/h7-9H,4-6H2,1-3H3. The number of halogens is 1. The first-order valence-electron chi connectivity index (χ1n) is 6.21. The lowest BCUT2D eigenvalue weighted by molar-refractivity contribution is 0.0771. The molecule has 1 aromatic carbocycles. The van der Waals surface area contributed by atoms with Gasteiger partial charge >= 0.3 is 0 Å². The summed E-state index contributed by atoms with van der Waals surface area (Å²) in [6.45, 7) is 6.85. The summed E-state index contributed by atoms with van der Waals surface area (Å²) in [4.78, 5) is 14.0. The van der Waals surface area contributed by atoms with Crippen LogP contribution in [-0.4, -0.2) is 32.3 Å². The van der Waals surface area contributed by atoms with Crippen molar-refractivity contribution in [2.75, 3.05) is 13.1 Å². The molecule has 0 saturated heterocycles. The number of amides is 1. The Morgan fingerprint density at radius 3 is 2.21 bits per heavy atom. The van der Waals surface area contributed by atoms with Gasteiger partial charge in [-0.15, -0.1) is 0 Å². The van der Waals surface area contributed by atoms with E-state index in [4.69, 9.17) is 10.7 Å². The van der Waals surface area contributed by atoms with E-state index in [1.165, 1.54) is 12.1 Å². The maximum Gasteiger partial charge on any atom is 0.261 e. The van der Waals surface area contributed by atoms with Gasteiger partial charge in [0.15, 0.2) is 0 Å². The zero-order chi connectivity index (χ0) is 14.6. The number of carbonyl (C=O) groups excluding carboxylic acids is 1. The van der Waals surface area contributed by atoms with E-state index in [1.54, 1.807) is 11.0 Å². The molecular weight excluding hydrogens is 286 g/mol. The van der Waals surface area contributed by atoms with Crippen LogP contribution in [0.1, 0.15) is 36.7 Å². The maximum atomic E-state index is 12.4. The topological polar surface area (TPSA) is 54.5 Å². The van der Waals surface area contributed by atoms with Gasteiger partial charge in [0.05, 0.1) is 4.90 Å². The Morgan fingerprint density at radius 2 is 1.79 bits per heavy atom. The number of hydrogen-bond donors (Lipinski definition) is 0. The van der Waals surface area contributed by atoms with Crippen molar-refractivity contribution in [1.82, 2.24) is 4.90 Å². The fourth-order valence-corrected chi connectivity index (χ4v) is 2.67. The van der Waals surface area contributed by atoms with Crippen molar-refractivity contribution in [1.29, 1.82) is 0 Å². The molecule has 0 radical (unpaired) electrons. The van der Waals surface area contributed by atoms with Crippen molar-refractivity contribution < 1.29 is 13.2 Å². The summed E-state index contributed by atoms with van der Waals surface area (Å²) >= 11 is 0. The van der Waals surface area contributed by atoms with Crippen molar-refractivity contribution >= 4 is 25.6 Å². The lowest BCUT2D eigenvalue weighted by Crippen LogP contribution is -2.31. The summed E-state index contributed by atoms with van der Waals surface area (Å²) in [7, 11) is 1.50. The minimum Gasteiger partial charge on any atom is -0.339 e. The number of benzene rings is 1. The van der Waals surface area contributed by atoms with Crippen LogP contribution in [0.2, 0.25) is 0 Å². The molecule has 1 rings (SSSR count). The van der Waals surface area contributed by atoms with Gasteiger partial charge in [0.2, 0.25) is 0 Å². The highest BCUT2D eigenvalue weighted by atomic mass is 35.7. The van der Waals surface area contributed by atoms with Crippen molar-refractivity contribution in [3.63, 3.8) is 0 Å². The predicted octanol–water partition coefficient (Wildman–Crippen LogP) is 2.66. The van der Waals surface area contributed by atoms with Crippen molar-refractivity contribution in [3.05, 3.63) is 29.3 Å². The molecule has 0 aromatic heterocycles. The van der Waals surface area contributed by atoms with Gasteiger partial charge in [0.1, 0.15) is 0 Å². The molecule has 1 amide bonds. The molecule has 6 heteroatoms. The third-order valence-corrected chi connectivity index (χ3v) is 4.38. The summed E-state index contributed by atoms with van der Waals surface area (Å²) < 4.78 is 22.7. The van der Waals surface area contributed by atoms with Crippen LogP contribution in [0.5, 0.6) is 0 Å². The molecule has 4 nitrogen and oxygen atoms in total. The highest BCUT2D eigenvalue weighted by Gasteiger charge is 2.19. The zero-order valence-electron chi connectivity index (χ0n) is 11.3. The van der Waals surface area contributed by atoms with E-state index in [0.717, 1.165) is 5.56 Å². The second-order valence-corrected chi connectivity index (χ2v) is 6.65. The van der Waals surface area contributed by atoms with Gasteiger partial charge < -0.3 is 4.90 Å². The molecule has 0 atom stereocenters. The minimum absolute atomic E-state index is 0.0399. The molecule has 0 bridgehead atoms. The van der Waals surface area contributed by atoms with Crippen LogP contribution >= 0.6 is 10.7 Å². The maximum absolute atomic E-state index is 12.4. The van der Waals surface area contributed by atoms with Crippen LogP contribution < -0.4 is 0 Å². The SMILES string of the molecule is CCc1ccc(S(=O)(=O)Cl)cc1C(=O)N(CC)CC. The Hall–Kier alpha value is -1.07. The molecule has 106 valence electrons. The van der Waals surface area contributed by atoms with Crippen LogP contribution in [0.3, 0.4) is 0 Å². The molecule has 0 saturated carbocycles. The second kappa shape index (κ2) is 6.39. The second-order valence-electron chi connectivity index (χ2n) is 4.09. The number of nitrogens with zero attached hydrogens (tertiary/aromatic N) is 1. The molecule has 0 fully saturated rings. The summed E-state index contributed by atoms with van der Waals surface area (Å²) in [5, 5.41) is 0. The van der Waals surface area contributed by atoms with E-state index in [0.29, 0.717) is 25.1 Å². The van der Waals surface area contributed by atoms with Crippen LogP contribution in [0.15, 0.2) is 23.1 Å². The fourth-order valence-electron chi connectivity index (χ4n) is 1.90. The first kappa shape index (κ1) is 16.0. The zero-order valence-corrected chi connectivity index (χ0v) is 12.9. The molecule has 0 N–H and O–H groups in total. The predicted molar refractivity (Wildman–Crippen MR) is 76.1 cm³/mol. The van der Waals surface area contributed by atoms with Gasteiger partial charge in [-0.1, -0.05) is 13.0 Å². The first-order valence-corrected chi connectivity index (χ1v) is 8.52. The van der Waals surface area contributed by atoms with E-state index in [1.807, 2.05) is 20.8 Å². The number of rotatable bonds is 5. The molecule has 19 heavy (non-hydrogen) atoms. The number of carbonyl (C=O) groups is 1. The highest BCUT2D eigenvalue weighted by Crippen LogP contribution is 2.21. The van der Waals surface area contributed by atoms with Gasteiger partial charge in [0, 0.05) is 29.3 Å². The van der Waals surface area contributed by atoms with E-state index in [-0.39, 0.29) is 10.8 Å². The highest BCUT2D eigenvalue weighted by molar-refractivity contribution is 8.13. The normalized spacial score (nSPS) is 11.4. The lowest BCUT2D eigenvalue weighted by atomic mass is 10.0. The van der Waals surface area contributed by atoms with E-state index in [9.17, 15) is 13.2 Å². The Bertz CT molecular complexity index is 565. The summed E-state index contributed by atoms with van der Waals surface area (Å²) in [5.41, 5.74) is 1.23. The quantitative estimate of drug-likeness (QED) is 0.786. The smallest absolute Gasteiger partial charge is 0.261 e. The lowest BCUT2D eigenvalue weighted by Gasteiger charge is -2.20. The third-order valence-electron chi connectivity index (χ3n) is 3.02. The molecule has 1 aromatic rings.